The summed E-state index contributed by atoms with van der Waals surface area (Å²) in [5.41, 5.74) is 4.40. The van der Waals surface area contributed by atoms with E-state index in [2.05, 4.69) is 32.7 Å². The van der Waals surface area contributed by atoms with E-state index < -0.39 is 5.92 Å². The van der Waals surface area contributed by atoms with Crippen molar-refractivity contribution in [1.82, 2.24) is 9.97 Å². The number of carbonyl (C=O) groups excluding carboxylic acids is 1. The second kappa shape index (κ2) is 11.1. The number of amides is 1. The maximum Gasteiger partial charge on any atom is 0.273 e. The first kappa shape index (κ1) is 25.0. The first-order valence-corrected chi connectivity index (χ1v) is 11.9. The van der Waals surface area contributed by atoms with E-state index in [0.29, 0.717) is 34.9 Å². The Morgan fingerprint density at radius 2 is 1.61 bits per heavy atom. The Labute approximate surface area is 209 Å². The molecular weight excluding hydrogens is 458 g/mol. The van der Waals surface area contributed by atoms with Crippen molar-refractivity contribution in [1.29, 1.82) is 0 Å². The molecule has 0 spiro atoms. The number of anilines is 2. The highest BCUT2D eigenvalue weighted by molar-refractivity contribution is 5.94. The zero-order valence-electron chi connectivity index (χ0n) is 20.3. The van der Waals surface area contributed by atoms with Gasteiger partial charge in [0.2, 0.25) is 5.91 Å². The number of alkyl halides is 2. The third kappa shape index (κ3) is 5.92. The molecule has 0 aliphatic carbocycles. The van der Waals surface area contributed by atoms with Crippen LogP contribution in [-0.2, 0) is 17.1 Å². The number of hydrogen-bond acceptors (Lipinski definition) is 4. The van der Waals surface area contributed by atoms with Gasteiger partial charge in [0, 0.05) is 54.7 Å². The normalized spacial score (nSPS) is 11.2. The van der Waals surface area contributed by atoms with E-state index in [4.69, 9.17) is 0 Å². The van der Waals surface area contributed by atoms with Crippen molar-refractivity contribution in [2.24, 2.45) is 0 Å². The van der Waals surface area contributed by atoms with E-state index >= 15 is 0 Å². The second-order valence-electron chi connectivity index (χ2n) is 8.49. The number of nitrogens with one attached hydrogen (secondary N) is 2. The van der Waals surface area contributed by atoms with Crippen molar-refractivity contribution in [3.05, 3.63) is 96.3 Å². The largest absolute Gasteiger partial charge is 0.368 e. The molecule has 0 fully saturated rings. The molecule has 1 heterocycles. The second-order valence-corrected chi connectivity index (χ2v) is 8.49. The van der Waals surface area contributed by atoms with Crippen molar-refractivity contribution in [2.75, 3.05) is 17.2 Å². The first-order chi connectivity index (χ1) is 17.4. The van der Waals surface area contributed by atoms with Crippen LogP contribution in [0.3, 0.4) is 0 Å². The van der Waals surface area contributed by atoms with Gasteiger partial charge in [-0.1, -0.05) is 67.6 Å². The van der Waals surface area contributed by atoms with E-state index in [1.54, 1.807) is 12.4 Å². The standard InChI is InChI=1S/C29H28F2N4O/c1-3-29(30,31)24-13-14-26(35-20(2)36)25(19-24)22-9-11-23(12-10-22)27-28(34-18-17-32-27)33-16-15-21-7-5-4-6-8-21/h4-14,17-19H,3,15-16H2,1-2H3,(H,33,34)(H,35,36). The molecule has 36 heavy (non-hydrogen) atoms. The highest BCUT2D eigenvalue weighted by atomic mass is 19.3. The molecule has 3 aromatic carbocycles. The van der Waals surface area contributed by atoms with E-state index in [-0.39, 0.29) is 17.9 Å². The molecule has 0 atom stereocenters. The summed E-state index contributed by atoms with van der Waals surface area (Å²) in [7, 11) is 0. The lowest BCUT2D eigenvalue weighted by molar-refractivity contribution is -0.114. The fourth-order valence-electron chi connectivity index (χ4n) is 3.97. The molecule has 5 nitrogen and oxygen atoms in total. The van der Waals surface area contributed by atoms with E-state index in [1.807, 2.05) is 42.5 Å². The van der Waals surface area contributed by atoms with Gasteiger partial charge in [0.25, 0.3) is 5.92 Å². The summed E-state index contributed by atoms with van der Waals surface area (Å²) < 4.78 is 28.8. The fraction of sp³-hybridized carbons (Fsp3) is 0.207. The molecular formula is C29H28F2N4O. The van der Waals surface area contributed by atoms with E-state index in [1.165, 1.54) is 37.6 Å². The van der Waals surface area contributed by atoms with Gasteiger partial charge in [-0.3, -0.25) is 9.78 Å². The summed E-state index contributed by atoms with van der Waals surface area (Å²) in [6.07, 6.45) is 3.82. The number of rotatable bonds is 9. The van der Waals surface area contributed by atoms with Crippen LogP contribution in [-0.4, -0.2) is 22.4 Å². The van der Waals surface area contributed by atoms with Crippen molar-refractivity contribution < 1.29 is 13.6 Å². The Kier molecular flexibility index (Phi) is 7.68. The molecule has 7 heteroatoms. The molecule has 0 bridgehead atoms. The monoisotopic (exact) mass is 486 g/mol. The molecule has 1 aromatic heterocycles. The van der Waals surface area contributed by atoms with Crippen LogP contribution in [0.5, 0.6) is 0 Å². The Morgan fingerprint density at radius 1 is 0.917 bits per heavy atom. The number of hydrogen-bond donors (Lipinski definition) is 2. The maximum atomic E-state index is 14.4. The zero-order chi connectivity index (χ0) is 25.5. The number of aromatic nitrogens is 2. The quantitative estimate of drug-likeness (QED) is 0.269. The molecule has 0 radical (unpaired) electrons. The van der Waals surface area contributed by atoms with Crippen LogP contribution in [0.15, 0.2) is 85.2 Å². The number of benzene rings is 3. The summed E-state index contributed by atoms with van der Waals surface area (Å²) in [6, 6.07) is 22.0. The molecule has 0 aliphatic rings. The lowest BCUT2D eigenvalue weighted by atomic mass is 9.96. The predicted molar refractivity (Wildman–Crippen MR) is 140 cm³/mol. The summed E-state index contributed by atoms with van der Waals surface area (Å²) in [6.45, 7) is 3.54. The number of nitrogens with zero attached hydrogens (tertiary/aromatic N) is 2. The van der Waals surface area contributed by atoms with Crippen LogP contribution in [0.1, 0.15) is 31.4 Å². The van der Waals surface area contributed by atoms with Gasteiger partial charge in [0.15, 0.2) is 5.82 Å². The third-order valence-electron chi connectivity index (χ3n) is 5.91. The van der Waals surface area contributed by atoms with Gasteiger partial charge >= 0.3 is 0 Å². The molecule has 0 saturated carbocycles. The highest BCUT2D eigenvalue weighted by Gasteiger charge is 2.29. The molecule has 2 N–H and O–H groups in total. The van der Waals surface area contributed by atoms with Gasteiger partial charge in [-0.15, -0.1) is 0 Å². The fourth-order valence-corrected chi connectivity index (χ4v) is 3.97. The lowest BCUT2D eigenvalue weighted by Crippen LogP contribution is -2.13. The van der Waals surface area contributed by atoms with Gasteiger partial charge in [-0.25, -0.2) is 13.8 Å². The summed E-state index contributed by atoms with van der Waals surface area (Å²) in [5, 5.41) is 6.11. The molecule has 0 aliphatic heterocycles. The minimum atomic E-state index is -2.95. The van der Waals surface area contributed by atoms with Gasteiger partial charge in [0.1, 0.15) is 5.69 Å². The molecule has 0 saturated heterocycles. The molecule has 184 valence electrons. The summed E-state index contributed by atoms with van der Waals surface area (Å²) >= 11 is 0. The van der Waals surface area contributed by atoms with Gasteiger partial charge in [0.05, 0.1) is 0 Å². The Balaban J connectivity index is 1.60. The van der Waals surface area contributed by atoms with Crippen LogP contribution in [0.25, 0.3) is 22.4 Å². The number of halogens is 2. The predicted octanol–water partition coefficient (Wildman–Crippen LogP) is 6.93. The maximum absolute atomic E-state index is 14.4. The van der Waals surface area contributed by atoms with Crippen molar-refractivity contribution >= 4 is 17.4 Å². The Hall–Kier alpha value is -4.13. The van der Waals surface area contributed by atoms with Gasteiger partial charge in [-0.05, 0) is 29.7 Å². The van der Waals surface area contributed by atoms with Crippen LogP contribution in [0, 0.1) is 0 Å². The molecule has 0 unspecified atom stereocenters. The summed E-state index contributed by atoms with van der Waals surface area (Å²) in [5.74, 6) is -2.55. The lowest BCUT2D eigenvalue weighted by Gasteiger charge is -2.18. The zero-order valence-corrected chi connectivity index (χ0v) is 20.3. The Bertz CT molecular complexity index is 1320. The molecule has 4 aromatic rings. The molecule has 1 amide bonds. The summed E-state index contributed by atoms with van der Waals surface area (Å²) in [4.78, 5) is 20.7. The minimum Gasteiger partial charge on any atom is -0.368 e. The first-order valence-electron chi connectivity index (χ1n) is 11.9. The Morgan fingerprint density at radius 3 is 2.31 bits per heavy atom. The van der Waals surface area contributed by atoms with Crippen LogP contribution in [0.2, 0.25) is 0 Å². The smallest absolute Gasteiger partial charge is 0.273 e. The van der Waals surface area contributed by atoms with Crippen LogP contribution < -0.4 is 10.6 Å². The SMILES string of the molecule is CCC(F)(F)c1ccc(NC(C)=O)c(-c2ccc(-c3nccnc3NCCc3ccccc3)cc2)c1. The number of carbonyl (C=O) groups is 1. The van der Waals surface area contributed by atoms with E-state index in [9.17, 15) is 13.6 Å². The van der Waals surface area contributed by atoms with Gasteiger partial charge in [-0.2, -0.15) is 0 Å². The average molecular weight is 487 g/mol. The highest BCUT2D eigenvalue weighted by Crippen LogP contribution is 2.38. The third-order valence-corrected chi connectivity index (χ3v) is 5.91. The van der Waals surface area contributed by atoms with Gasteiger partial charge < -0.3 is 10.6 Å². The van der Waals surface area contributed by atoms with Crippen molar-refractivity contribution in [3.63, 3.8) is 0 Å². The van der Waals surface area contributed by atoms with E-state index in [0.717, 1.165) is 12.0 Å². The topological polar surface area (TPSA) is 66.9 Å². The van der Waals surface area contributed by atoms with Crippen LogP contribution >= 0.6 is 0 Å². The van der Waals surface area contributed by atoms with Crippen LogP contribution in [0.4, 0.5) is 20.3 Å². The average Bonchev–Trinajstić information content (AvgIpc) is 2.89. The molecule has 4 rings (SSSR count). The minimum absolute atomic E-state index is 0.0861. The van der Waals surface area contributed by atoms with Crippen molar-refractivity contribution in [3.8, 4) is 22.4 Å². The van der Waals surface area contributed by atoms with Crippen molar-refractivity contribution in [2.45, 2.75) is 32.6 Å².